The molecule has 0 bridgehead atoms. The van der Waals surface area contributed by atoms with Crippen molar-refractivity contribution in [3.05, 3.63) is 16.1 Å². The van der Waals surface area contributed by atoms with Crippen LogP contribution in [0.5, 0.6) is 0 Å². The SMILES string of the molecule is Cc1ncc(C(=O)NC(C)(C)CC(C)(C)C)s1. The van der Waals surface area contributed by atoms with Crippen molar-refractivity contribution in [3.63, 3.8) is 0 Å². The second-order valence-corrected chi connectivity index (χ2v) is 7.55. The number of amides is 1. The van der Waals surface area contributed by atoms with Gasteiger partial charge in [-0.25, -0.2) is 4.98 Å². The van der Waals surface area contributed by atoms with Crippen LogP contribution >= 0.6 is 11.3 Å². The monoisotopic (exact) mass is 254 g/mol. The quantitative estimate of drug-likeness (QED) is 0.898. The summed E-state index contributed by atoms with van der Waals surface area (Å²) in [5.74, 6) is -0.0233. The van der Waals surface area contributed by atoms with E-state index in [0.717, 1.165) is 11.4 Å². The van der Waals surface area contributed by atoms with E-state index in [9.17, 15) is 4.79 Å². The Balaban J connectivity index is 2.68. The number of aromatic nitrogens is 1. The molecule has 3 nitrogen and oxygen atoms in total. The molecule has 4 heteroatoms. The summed E-state index contributed by atoms with van der Waals surface area (Å²) < 4.78 is 0. The van der Waals surface area contributed by atoms with E-state index in [2.05, 4.69) is 44.9 Å². The summed E-state index contributed by atoms with van der Waals surface area (Å²) in [6.45, 7) is 12.6. The third kappa shape index (κ3) is 4.86. The van der Waals surface area contributed by atoms with Gasteiger partial charge in [0.05, 0.1) is 11.2 Å². The Morgan fingerprint density at radius 3 is 2.35 bits per heavy atom. The molecule has 0 aromatic carbocycles. The minimum absolute atomic E-state index is 0.0233. The Kier molecular flexibility index (Phi) is 3.97. The van der Waals surface area contributed by atoms with E-state index in [-0.39, 0.29) is 16.9 Å². The van der Waals surface area contributed by atoms with Gasteiger partial charge < -0.3 is 5.32 Å². The molecular weight excluding hydrogens is 232 g/mol. The van der Waals surface area contributed by atoms with E-state index < -0.39 is 0 Å². The molecule has 0 aliphatic carbocycles. The molecule has 0 spiro atoms. The maximum Gasteiger partial charge on any atom is 0.263 e. The zero-order valence-electron chi connectivity index (χ0n) is 11.5. The van der Waals surface area contributed by atoms with E-state index in [0.29, 0.717) is 4.88 Å². The van der Waals surface area contributed by atoms with Gasteiger partial charge >= 0.3 is 0 Å². The molecule has 0 aliphatic heterocycles. The smallest absolute Gasteiger partial charge is 0.263 e. The summed E-state index contributed by atoms with van der Waals surface area (Å²) in [6.07, 6.45) is 2.58. The van der Waals surface area contributed by atoms with Crippen molar-refractivity contribution in [1.29, 1.82) is 0 Å². The molecule has 1 N–H and O–H groups in total. The molecule has 1 amide bonds. The van der Waals surface area contributed by atoms with Crippen LogP contribution in [0.25, 0.3) is 0 Å². The van der Waals surface area contributed by atoms with Crippen LogP contribution in [0.2, 0.25) is 0 Å². The van der Waals surface area contributed by atoms with E-state index in [4.69, 9.17) is 0 Å². The highest BCUT2D eigenvalue weighted by molar-refractivity contribution is 7.13. The fourth-order valence-electron chi connectivity index (χ4n) is 2.21. The first-order chi connectivity index (χ1) is 7.59. The van der Waals surface area contributed by atoms with E-state index >= 15 is 0 Å². The Hall–Kier alpha value is -0.900. The van der Waals surface area contributed by atoms with Gasteiger partial charge in [-0.3, -0.25) is 4.79 Å². The van der Waals surface area contributed by atoms with E-state index in [1.807, 2.05) is 6.92 Å². The predicted octanol–water partition coefficient (Wildman–Crippen LogP) is 3.40. The molecule has 1 aromatic rings. The first-order valence-electron chi connectivity index (χ1n) is 5.84. The zero-order chi connectivity index (χ0) is 13.3. The fourth-order valence-corrected chi connectivity index (χ4v) is 2.88. The third-order valence-electron chi connectivity index (χ3n) is 2.27. The van der Waals surface area contributed by atoms with Crippen LogP contribution in [-0.4, -0.2) is 16.4 Å². The highest BCUT2D eigenvalue weighted by atomic mass is 32.1. The molecule has 0 aliphatic rings. The minimum atomic E-state index is -0.201. The van der Waals surface area contributed by atoms with Crippen molar-refractivity contribution >= 4 is 17.2 Å². The molecule has 1 heterocycles. The minimum Gasteiger partial charge on any atom is -0.346 e. The number of carbonyl (C=O) groups excluding carboxylic acids is 1. The average molecular weight is 254 g/mol. The fraction of sp³-hybridized carbons (Fsp3) is 0.692. The van der Waals surface area contributed by atoms with Crippen LogP contribution < -0.4 is 5.32 Å². The van der Waals surface area contributed by atoms with Gasteiger partial charge in [-0.05, 0) is 32.6 Å². The van der Waals surface area contributed by atoms with Gasteiger partial charge in [0.1, 0.15) is 4.88 Å². The second kappa shape index (κ2) is 4.77. The van der Waals surface area contributed by atoms with E-state index in [1.54, 1.807) is 6.20 Å². The first-order valence-corrected chi connectivity index (χ1v) is 6.66. The van der Waals surface area contributed by atoms with Crippen LogP contribution in [0, 0.1) is 12.3 Å². The molecule has 17 heavy (non-hydrogen) atoms. The number of aryl methyl sites for hydroxylation is 1. The second-order valence-electron chi connectivity index (χ2n) is 6.32. The van der Waals surface area contributed by atoms with E-state index in [1.165, 1.54) is 11.3 Å². The maximum absolute atomic E-state index is 12.0. The summed E-state index contributed by atoms with van der Waals surface area (Å²) in [6, 6.07) is 0. The van der Waals surface area contributed by atoms with Gasteiger partial charge in [0, 0.05) is 5.54 Å². The largest absolute Gasteiger partial charge is 0.346 e. The summed E-state index contributed by atoms with van der Waals surface area (Å²) >= 11 is 1.43. The van der Waals surface area contributed by atoms with Crippen LogP contribution in [0.4, 0.5) is 0 Å². The third-order valence-corrected chi connectivity index (χ3v) is 3.18. The molecule has 1 rings (SSSR count). The molecule has 1 aromatic heterocycles. The lowest BCUT2D eigenvalue weighted by Crippen LogP contribution is -2.45. The lowest BCUT2D eigenvalue weighted by molar-refractivity contribution is 0.0895. The summed E-state index contributed by atoms with van der Waals surface area (Å²) in [4.78, 5) is 16.8. The average Bonchev–Trinajstić information content (AvgIpc) is 2.45. The summed E-state index contributed by atoms with van der Waals surface area (Å²) in [7, 11) is 0. The summed E-state index contributed by atoms with van der Waals surface area (Å²) in [5, 5.41) is 3.99. The Morgan fingerprint density at radius 2 is 1.94 bits per heavy atom. The molecular formula is C13H22N2OS. The standard InChI is InChI=1S/C13H22N2OS/c1-9-14-7-10(17-9)11(16)15-13(5,6)8-12(2,3)4/h7H,8H2,1-6H3,(H,15,16). The molecule has 0 saturated carbocycles. The van der Waals surface area contributed by atoms with Gasteiger partial charge in [0.2, 0.25) is 0 Å². The van der Waals surface area contributed by atoms with Crippen molar-refractivity contribution in [2.24, 2.45) is 5.41 Å². The van der Waals surface area contributed by atoms with Gasteiger partial charge in [-0.15, -0.1) is 11.3 Å². The Labute approximate surface area is 108 Å². The van der Waals surface area contributed by atoms with Crippen LogP contribution in [0.15, 0.2) is 6.20 Å². The molecule has 0 saturated heterocycles. The van der Waals surface area contributed by atoms with Crippen molar-refractivity contribution < 1.29 is 4.79 Å². The van der Waals surface area contributed by atoms with Gasteiger partial charge in [-0.2, -0.15) is 0 Å². The van der Waals surface area contributed by atoms with Crippen LogP contribution in [0.3, 0.4) is 0 Å². The van der Waals surface area contributed by atoms with Crippen LogP contribution in [0.1, 0.15) is 55.7 Å². The topological polar surface area (TPSA) is 42.0 Å². The number of rotatable bonds is 3. The molecule has 0 unspecified atom stereocenters. The van der Waals surface area contributed by atoms with Crippen LogP contribution in [-0.2, 0) is 0 Å². The number of thiazole rings is 1. The summed E-state index contributed by atoms with van der Waals surface area (Å²) in [5.41, 5.74) is -0.00632. The number of nitrogens with one attached hydrogen (secondary N) is 1. The lowest BCUT2D eigenvalue weighted by Gasteiger charge is -2.33. The van der Waals surface area contributed by atoms with Crippen molar-refractivity contribution in [3.8, 4) is 0 Å². The van der Waals surface area contributed by atoms with Crippen molar-refractivity contribution in [2.45, 2.75) is 53.5 Å². The normalized spacial score (nSPS) is 12.6. The van der Waals surface area contributed by atoms with Crippen molar-refractivity contribution in [2.75, 3.05) is 0 Å². The maximum atomic E-state index is 12.0. The number of hydrogen-bond donors (Lipinski definition) is 1. The van der Waals surface area contributed by atoms with Gasteiger partial charge in [-0.1, -0.05) is 20.8 Å². The molecule has 0 fully saturated rings. The number of carbonyl (C=O) groups is 1. The molecule has 0 radical (unpaired) electrons. The van der Waals surface area contributed by atoms with Gasteiger partial charge in [0.15, 0.2) is 0 Å². The highest BCUT2D eigenvalue weighted by Gasteiger charge is 2.27. The van der Waals surface area contributed by atoms with Gasteiger partial charge in [0.25, 0.3) is 5.91 Å². The van der Waals surface area contributed by atoms with Crippen molar-refractivity contribution in [1.82, 2.24) is 10.3 Å². The lowest BCUT2D eigenvalue weighted by atomic mass is 9.82. The Bertz CT molecular complexity index is 402. The molecule has 96 valence electrons. The number of nitrogens with zero attached hydrogens (tertiary/aromatic N) is 1. The highest BCUT2D eigenvalue weighted by Crippen LogP contribution is 2.27. The Morgan fingerprint density at radius 1 is 1.35 bits per heavy atom. The number of hydrogen-bond acceptors (Lipinski definition) is 3. The molecule has 0 atom stereocenters. The first kappa shape index (κ1) is 14.2. The zero-order valence-corrected chi connectivity index (χ0v) is 12.4. The predicted molar refractivity (Wildman–Crippen MR) is 72.5 cm³/mol.